The average molecular weight is 422 g/mol. The van der Waals surface area contributed by atoms with E-state index in [-0.39, 0.29) is 0 Å². The monoisotopic (exact) mass is 421 g/mol. The van der Waals surface area contributed by atoms with E-state index in [1.54, 1.807) is 0 Å². The summed E-state index contributed by atoms with van der Waals surface area (Å²) in [5.74, 6) is 0. The van der Waals surface area contributed by atoms with Gasteiger partial charge >= 0.3 is 0 Å². The number of piperidine rings is 1. The smallest absolute Gasteiger partial charge is 0.110 e. The topological polar surface area (TPSA) is 50.8 Å². The lowest BCUT2D eigenvalue weighted by atomic mass is 9.73. The molecular formula is C28H43N3. The van der Waals surface area contributed by atoms with Crippen LogP contribution in [0.1, 0.15) is 116 Å². The summed E-state index contributed by atoms with van der Waals surface area (Å²) in [4.78, 5) is 2.31. The molecule has 0 aromatic heterocycles. The molecule has 2 atom stereocenters. The van der Waals surface area contributed by atoms with E-state index in [4.69, 9.17) is 0 Å². The fourth-order valence-electron chi connectivity index (χ4n) is 5.43. The molecule has 1 heterocycles. The zero-order valence-corrected chi connectivity index (χ0v) is 20.0. The highest BCUT2D eigenvalue weighted by Gasteiger charge is 2.51. The first-order chi connectivity index (χ1) is 15.2. The van der Waals surface area contributed by atoms with Gasteiger partial charge in [-0.3, -0.25) is 4.90 Å². The van der Waals surface area contributed by atoms with Crippen LogP contribution >= 0.6 is 0 Å². The zero-order chi connectivity index (χ0) is 22.4. The summed E-state index contributed by atoms with van der Waals surface area (Å²) >= 11 is 0. The Balaban J connectivity index is 2.05. The fourth-order valence-corrected chi connectivity index (χ4v) is 5.43. The van der Waals surface area contributed by atoms with Crippen molar-refractivity contribution in [3.05, 3.63) is 35.9 Å². The summed E-state index contributed by atoms with van der Waals surface area (Å²) in [6, 6.07) is 15.8. The second-order valence-electron chi connectivity index (χ2n) is 9.54. The Bertz CT molecular complexity index is 697. The van der Waals surface area contributed by atoms with Gasteiger partial charge in [0, 0.05) is 6.54 Å². The first-order valence-electron chi connectivity index (χ1n) is 12.8. The van der Waals surface area contributed by atoms with Gasteiger partial charge in [-0.2, -0.15) is 10.5 Å². The zero-order valence-electron chi connectivity index (χ0n) is 20.0. The molecule has 0 amide bonds. The lowest BCUT2D eigenvalue weighted by molar-refractivity contribution is -0.0227. The quantitative estimate of drug-likeness (QED) is 0.287. The van der Waals surface area contributed by atoms with Crippen LogP contribution in [-0.2, 0) is 6.54 Å². The van der Waals surface area contributed by atoms with Crippen LogP contribution in [0.2, 0.25) is 0 Å². The van der Waals surface area contributed by atoms with Gasteiger partial charge in [0.15, 0.2) is 0 Å². The molecule has 1 fully saturated rings. The molecule has 2 unspecified atom stereocenters. The Kier molecular flexibility index (Phi) is 11.1. The summed E-state index contributed by atoms with van der Waals surface area (Å²) in [7, 11) is 0. The molecule has 31 heavy (non-hydrogen) atoms. The number of unbranched alkanes of at least 4 members (excludes halogenated alkanes) is 8. The number of nitriles is 2. The molecule has 3 nitrogen and oxygen atoms in total. The van der Waals surface area contributed by atoms with E-state index in [9.17, 15) is 10.5 Å². The van der Waals surface area contributed by atoms with Crippen LogP contribution < -0.4 is 0 Å². The molecule has 1 aromatic carbocycles. The molecule has 0 aliphatic carbocycles. The normalized spacial score (nSPS) is 23.9. The van der Waals surface area contributed by atoms with E-state index in [0.29, 0.717) is 6.54 Å². The largest absolute Gasteiger partial charge is 0.263 e. The van der Waals surface area contributed by atoms with E-state index in [2.05, 4.69) is 55.2 Å². The van der Waals surface area contributed by atoms with Crippen LogP contribution in [-0.4, -0.2) is 16.0 Å². The van der Waals surface area contributed by atoms with E-state index in [1.165, 1.54) is 56.9 Å². The van der Waals surface area contributed by atoms with Gasteiger partial charge in [-0.15, -0.1) is 0 Å². The van der Waals surface area contributed by atoms with Crippen molar-refractivity contribution in [2.75, 3.05) is 0 Å². The maximum absolute atomic E-state index is 10.4. The Morgan fingerprint density at radius 3 is 1.84 bits per heavy atom. The lowest BCUT2D eigenvalue weighted by Crippen LogP contribution is -2.62. The minimum atomic E-state index is -0.516. The number of hydrogen-bond acceptors (Lipinski definition) is 3. The minimum absolute atomic E-state index is 0.514. The van der Waals surface area contributed by atoms with Gasteiger partial charge in [-0.1, -0.05) is 108 Å². The fraction of sp³-hybridized carbons (Fsp3) is 0.714. The van der Waals surface area contributed by atoms with Gasteiger partial charge in [0.1, 0.15) is 11.1 Å². The second-order valence-corrected chi connectivity index (χ2v) is 9.54. The van der Waals surface area contributed by atoms with Crippen molar-refractivity contribution in [1.29, 1.82) is 10.5 Å². The molecule has 3 heteroatoms. The third-order valence-corrected chi connectivity index (χ3v) is 7.17. The van der Waals surface area contributed by atoms with Crippen molar-refractivity contribution in [1.82, 2.24) is 4.90 Å². The van der Waals surface area contributed by atoms with Crippen LogP contribution in [0.4, 0.5) is 0 Å². The summed E-state index contributed by atoms with van der Waals surface area (Å²) in [6.45, 7) is 5.11. The third kappa shape index (κ3) is 7.08. The Morgan fingerprint density at radius 1 is 0.742 bits per heavy atom. The van der Waals surface area contributed by atoms with Gasteiger partial charge in [-0.25, -0.2) is 0 Å². The molecular weight excluding hydrogens is 378 g/mol. The van der Waals surface area contributed by atoms with Crippen LogP contribution in [0.25, 0.3) is 0 Å². The van der Waals surface area contributed by atoms with E-state index < -0.39 is 11.1 Å². The number of likely N-dealkylation sites (tertiary alicyclic amines) is 1. The number of nitrogens with zero attached hydrogens (tertiary/aromatic N) is 3. The first kappa shape index (κ1) is 25.4. The molecule has 0 bridgehead atoms. The van der Waals surface area contributed by atoms with Crippen LogP contribution in [0.5, 0.6) is 0 Å². The molecule has 0 saturated carbocycles. The van der Waals surface area contributed by atoms with Gasteiger partial charge in [0.25, 0.3) is 0 Å². The van der Waals surface area contributed by atoms with E-state index in [0.717, 1.165) is 44.9 Å². The predicted molar refractivity (Wildman–Crippen MR) is 129 cm³/mol. The molecule has 170 valence electrons. The maximum Gasteiger partial charge on any atom is 0.110 e. The maximum atomic E-state index is 10.4. The number of benzene rings is 1. The molecule has 0 N–H and O–H groups in total. The Hall–Kier alpha value is -1.84. The molecule has 1 aliphatic heterocycles. The van der Waals surface area contributed by atoms with Gasteiger partial charge in [0.2, 0.25) is 0 Å². The number of rotatable bonds is 14. The van der Waals surface area contributed by atoms with Crippen LogP contribution in [0.3, 0.4) is 0 Å². The second kappa shape index (κ2) is 13.5. The van der Waals surface area contributed by atoms with Crippen LogP contribution in [0.15, 0.2) is 30.3 Å². The molecule has 2 rings (SSSR count). The Morgan fingerprint density at radius 2 is 1.29 bits per heavy atom. The molecule has 0 radical (unpaired) electrons. The van der Waals surface area contributed by atoms with Crippen molar-refractivity contribution < 1.29 is 0 Å². The average Bonchev–Trinajstić information content (AvgIpc) is 2.80. The number of hydrogen-bond donors (Lipinski definition) is 0. The molecule has 1 aromatic rings. The van der Waals surface area contributed by atoms with Crippen molar-refractivity contribution in [2.45, 2.75) is 128 Å². The summed E-state index contributed by atoms with van der Waals surface area (Å²) in [6.07, 6.45) is 17.1. The lowest BCUT2D eigenvalue weighted by Gasteiger charge is -2.52. The van der Waals surface area contributed by atoms with E-state index >= 15 is 0 Å². The van der Waals surface area contributed by atoms with Gasteiger partial charge in [-0.05, 0) is 37.7 Å². The molecule has 1 saturated heterocycles. The highest BCUT2D eigenvalue weighted by atomic mass is 15.3. The first-order valence-corrected chi connectivity index (χ1v) is 12.8. The van der Waals surface area contributed by atoms with Crippen molar-refractivity contribution in [2.24, 2.45) is 0 Å². The molecule has 0 spiro atoms. The Labute approximate surface area is 191 Å². The highest BCUT2D eigenvalue weighted by molar-refractivity contribution is 5.24. The van der Waals surface area contributed by atoms with Crippen molar-refractivity contribution in [3.8, 4) is 12.1 Å². The van der Waals surface area contributed by atoms with Gasteiger partial charge < -0.3 is 0 Å². The van der Waals surface area contributed by atoms with Crippen LogP contribution in [0, 0.1) is 22.7 Å². The predicted octanol–water partition coefficient (Wildman–Crippen LogP) is 7.92. The summed E-state index contributed by atoms with van der Waals surface area (Å²) in [5.41, 5.74) is 0.171. The van der Waals surface area contributed by atoms with Crippen molar-refractivity contribution in [3.63, 3.8) is 0 Å². The van der Waals surface area contributed by atoms with E-state index in [1.807, 2.05) is 6.07 Å². The standard InChI is InChI=1S/C28H43N3/c1-3-5-6-7-8-9-10-11-15-20-28(25-30)22-16-21-27(24-29,19-4-2)31(28)23-26-17-13-12-14-18-26/h12-14,17-18H,3-11,15-16,19-23H2,1-2H3. The van der Waals surface area contributed by atoms with Crippen molar-refractivity contribution >= 4 is 0 Å². The molecule has 1 aliphatic rings. The third-order valence-electron chi connectivity index (χ3n) is 7.17. The SMILES string of the molecule is CCCCCCCCCCCC1(C#N)CCCC(C#N)(CCC)N1Cc1ccccc1. The summed E-state index contributed by atoms with van der Waals surface area (Å²) in [5, 5.41) is 20.7. The minimum Gasteiger partial charge on any atom is -0.263 e. The summed E-state index contributed by atoms with van der Waals surface area (Å²) < 4.78 is 0. The highest BCUT2D eigenvalue weighted by Crippen LogP contribution is 2.44. The van der Waals surface area contributed by atoms with Gasteiger partial charge in [0.05, 0.1) is 12.1 Å².